The number of amides is 1. The van der Waals surface area contributed by atoms with Crippen molar-refractivity contribution in [2.24, 2.45) is 5.92 Å². The SMILES string of the molecule is CC(C)CC(CBr)NC(=O)c1cc[nH]c(=O)c1. The van der Waals surface area contributed by atoms with Gasteiger partial charge < -0.3 is 10.3 Å². The van der Waals surface area contributed by atoms with Crippen molar-refractivity contribution in [3.8, 4) is 0 Å². The van der Waals surface area contributed by atoms with Crippen LogP contribution >= 0.6 is 15.9 Å². The fourth-order valence-corrected chi connectivity index (χ4v) is 2.01. The number of hydrogen-bond acceptors (Lipinski definition) is 2. The van der Waals surface area contributed by atoms with Crippen molar-refractivity contribution >= 4 is 21.8 Å². The Morgan fingerprint density at radius 1 is 1.53 bits per heavy atom. The Bertz CT molecular complexity index is 429. The van der Waals surface area contributed by atoms with Gasteiger partial charge in [0.2, 0.25) is 5.56 Å². The van der Waals surface area contributed by atoms with E-state index in [-0.39, 0.29) is 17.5 Å². The monoisotopic (exact) mass is 300 g/mol. The van der Waals surface area contributed by atoms with Crippen LogP contribution in [0.5, 0.6) is 0 Å². The first-order chi connectivity index (χ1) is 8.02. The number of H-pyrrole nitrogens is 1. The lowest BCUT2D eigenvalue weighted by molar-refractivity contribution is 0.0937. The summed E-state index contributed by atoms with van der Waals surface area (Å²) in [5, 5.41) is 3.61. The highest BCUT2D eigenvalue weighted by Gasteiger charge is 2.14. The number of pyridine rings is 1. The molecule has 0 aliphatic rings. The van der Waals surface area contributed by atoms with Gasteiger partial charge in [0.05, 0.1) is 0 Å². The van der Waals surface area contributed by atoms with E-state index in [4.69, 9.17) is 0 Å². The molecule has 1 aromatic rings. The molecule has 4 nitrogen and oxygen atoms in total. The number of rotatable bonds is 5. The van der Waals surface area contributed by atoms with Gasteiger partial charge in [-0.05, 0) is 18.4 Å². The third-order valence-corrected chi connectivity index (χ3v) is 3.10. The van der Waals surface area contributed by atoms with Gasteiger partial charge in [-0.25, -0.2) is 0 Å². The van der Waals surface area contributed by atoms with Crippen LogP contribution in [0.2, 0.25) is 0 Å². The minimum Gasteiger partial charge on any atom is -0.348 e. The van der Waals surface area contributed by atoms with Crippen LogP contribution in [0.4, 0.5) is 0 Å². The molecule has 17 heavy (non-hydrogen) atoms. The maximum absolute atomic E-state index is 11.9. The largest absolute Gasteiger partial charge is 0.348 e. The maximum Gasteiger partial charge on any atom is 0.251 e. The van der Waals surface area contributed by atoms with Gasteiger partial charge in [-0.2, -0.15) is 0 Å². The molecule has 0 spiro atoms. The summed E-state index contributed by atoms with van der Waals surface area (Å²) >= 11 is 3.38. The molecule has 2 N–H and O–H groups in total. The van der Waals surface area contributed by atoms with Crippen LogP contribution in [0.3, 0.4) is 0 Å². The maximum atomic E-state index is 11.9. The third kappa shape index (κ3) is 4.73. The van der Waals surface area contributed by atoms with Crippen molar-refractivity contribution in [3.63, 3.8) is 0 Å². The average molecular weight is 301 g/mol. The van der Waals surface area contributed by atoms with E-state index in [1.165, 1.54) is 12.3 Å². The third-order valence-electron chi connectivity index (χ3n) is 2.31. The van der Waals surface area contributed by atoms with Crippen molar-refractivity contribution in [1.82, 2.24) is 10.3 Å². The Morgan fingerprint density at radius 3 is 2.76 bits per heavy atom. The van der Waals surface area contributed by atoms with E-state index in [1.807, 2.05) is 0 Å². The summed E-state index contributed by atoms with van der Waals surface area (Å²) in [6.07, 6.45) is 2.38. The number of aromatic nitrogens is 1. The lowest BCUT2D eigenvalue weighted by Gasteiger charge is -2.18. The fourth-order valence-electron chi connectivity index (χ4n) is 1.58. The first kappa shape index (κ1) is 14.0. The number of carbonyl (C=O) groups excluding carboxylic acids is 1. The van der Waals surface area contributed by atoms with Crippen LogP contribution in [0, 0.1) is 5.92 Å². The van der Waals surface area contributed by atoms with E-state index in [1.54, 1.807) is 6.07 Å². The zero-order valence-electron chi connectivity index (χ0n) is 10.00. The standard InChI is InChI=1S/C12H17BrN2O2/c1-8(2)5-10(7-13)15-12(17)9-3-4-14-11(16)6-9/h3-4,6,8,10H,5,7H2,1-2H3,(H,14,16)(H,15,17). The zero-order valence-corrected chi connectivity index (χ0v) is 11.6. The van der Waals surface area contributed by atoms with E-state index in [2.05, 4.69) is 40.1 Å². The van der Waals surface area contributed by atoms with E-state index in [9.17, 15) is 9.59 Å². The number of halogens is 1. The predicted molar refractivity (Wildman–Crippen MR) is 71.6 cm³/mol. The van der Waals surface area contributed by atoms with Crippen molar-refractivity contribution in [1.29, 1.82) is 0 Å². The molecule has 0 aliphatic carbocycles. The molecule has 1 amide bonds. The van der Waals surface area contributed by atoms with Crippen molar-refractivity contribution in [2.45, 2.75) is 26.3 Å². The predicted octanol–water partition coefficient (Wildman–Crippen LogP) is 1.91. The van der Waals surface area contributed by atoms with E-state index < -0.39 is 0 Å². The number of alkyl halides is 1. The van der Waals surface area contributed by atoms with Gasteiger partial charge in [-0.3, -0.25) is 9.59 Å². The van der Waals surface area contributed by atoms with Gasteiger partial charge in [-0.15, -0.1) is 0 Å². The summed E-state index contributed by atoms with van der Waals surface area (Å²) in [5.41, 5.74) is 0.125. The van der Waals surface area contributed by atoms with Crippen molar-refractivity contribution in [2.75, 3.05) is 5.33 Å². The summed E-state index contributed by atoms with van der Waals surface area (Å²) in [4.78, 5) is 25.4. The fraction of sp³-hybridized carbons (Fsp3) is 0.500. The van der Waals surface area contributed by atoms with Crippen LogP contribution in [-0.2, 0) is 0 Å². The molecule has 1 aromatic heterocycles. The Hall–Kier alpha value is -1.10. The Balaban J connectivity index is 2.67. The summed E-state index contributed by atoms with van der Waals surface area (Å²) in [6.45, 7) is 4.21. The summed E-state index contributed by atoms with van der Waals surface area (Å²) in [5.74, 6) is 0.304. The lowest BCUT2D eigenvalue weighted by Crippen LogP contribution is -2.37. The molecule has 1 atom stereocenters. The molecule has 94 valence electrons. The lowest BCUT2D eigenvalue weighted by atomic mass is 10.0. The summed E-state index contributed by atoms with van der Waals surface area (Å²) < 4.78 is 0. The van der Waals surface area contributed by atoms with Crippen molar-refractivity contribution in [3.05, 3.63) is 34.2 Å². The summed E-state index contributed by atoms with van der Waals surface area (Å²) in [6, 6.07) is 2.98. The number of nitrogens with one attached hydrogen (secondary N) is 2. The molecule has 0 fully saturated rings. The number of aromatic amines is 1. The van der Waals surface area contributed by atoms with Gasteiger partial charge in [0, 0.05) is 29.2 Å². The second-order valence-corrected chi connectivity index (χ2v) is 5.04. The summed E-state index contributed by atoms with van der Waals surface area (Å²) in [7, 11) is 0. The normalized spacial score (nSPS) is 12.5. The topological polar surface area (TPSA) is 62.0 Å². The van der Waals surface area contributed by atoms with Crippen LogP contribution in [0.1, 0.15) is 30.6 Å². The second kappa shape index (κ2) is 6.59. The van der Waals surface area contributed by atoms with Gasteiger partial charge in [-0.1, -0.05) is 29.8 Å². The van der Waals surface area contributed by atoms with Gasteiger partial charge in [0.15, 0.2) is 0 Å². The van der Waals surface area contributed by atoms with E-state index in [0.717, 1.165) is 6.42 Å². The Morgan fingerprint density at radius 2 is 2.24 bits per heavy atom. The molecule has 0 radical (unpaired) electrons. The minimum absolute atomic E-state index is 0.0850. The number of hydrogen-bond donors (Lipinski definition) is 2. The van der Waals surface area contributed by atoms with Crippen LogP contribution in [-0.4, -0.2) is 22.3 Å². The van der Waals surface area contributed by atoms with Gasteiger partial charge in [0.1, 0.15) is 0 Å². The van der Waals surface area contributed by atoms with Gasteiger partial charge >= 0.3 is 0 Å². The highest BCUT2D eigenvalue weighted by Crippen LogP contribution is 2.08. The molecular formula is C12H17BrN2O2. The highest BCUT2D eigenvalue weighted by atomic mass is 79.9. The van der Waals surface area contributed by atoms with Crippen LogP contribution in [0.25, 0.3) is 0 Å². The van der Waals surface area contributed by atoms with Gasteiger partial charge in [0.25, 0.3) is 5.91 Å². The van der Waals surface area contributed by atoms with Crippen molar-refractivity contribution < 1.29 is 4.79 Å². The molecule has 0 saturated carbocycles. The molecule has 0 aromatic carbocycles. The minimum atomic E-state index is -0.267. The quantitative estimate of drug-likeness (QED) is 0.816. The van der Waals surface area contributed by atoms with E-state index in [0.29, 0.717) is 16.8 Å². The molecule has 1 unspecified atom stereocenters. The second-order valence-electron chi connectivity index (χ2n) is 4.40. The molecule has 1 rings (SSSR count). The highest BCUT2D eigenvalue weighted by molar-refractivity contribution is 9.09. The molecule has 0 saturated heterocycles. The number of carbonyl (C=O) groups is 1. The Kier molecular flexibility index (Phi) is 5.41. The molecule has 0 aliphatic heterocycles. The first-order valence-corrected chi connectivity index (χ1v) is 6.70. The smallest absolute Gasteiger partial charge is 0.251 e. The Labute approximate surface area is 109 Å². The molecule has 5 heteroatoms. The first-order valence-electron chi connectivity index (χ1n) is 5.58. The zero-order chi connectivity index (χ0) is 12.8. The van der Waals surface area contributed by atoms with Crippen LogP contribution in [0.15, 0.2) is 23.1 Å². The van der Waals surface area contributed by atoms with Crippen LogP contribution < -0.4 is 10.9 Å². The average Bonchev–Trinajstić information content (AvgIpc) is 2.27. The molecule has 1 heterocycles. The molecule has 0 bridgehead atoms. The molecular weight excluding hydrogens is 284 g/mol. The van der Waals surface area contributed by atoms with E-state index >= 15 is 0 Å².